The molecule has 3 atom stereocenters. The number of rotatable bonds is 47. The highest BCUT2D eigenvalue weighted by Crippen LogP contribution is 2.38. The lowest BCUT2D eigenvalue weighted by molar-refractivity contribution is -0.870. The first-order chi connectivity index (χ1) is 30.0. The molecule has 0 saturated heterocycles. The molecule has 364 valence electrons. The summed E-state index contributed by atoms with van der Waals surface area (Å²) in [6.07, 6.45) is 57.4. The van der Waals surface area contributed by atoms with Gasteiger partial charge in [0.25, 0.3) is 7.82 Å². The molecule has 0 bridgehead atoms. The third-order valence-electron chi connectivity index (χ3n) is 11.5. The van der Waals surface area contributed by atoms with Crippen LogP contribution in [0, 0.1) is 0 Å². The van der Waals surface area contributed by atoms with E-state index in [1.165, 1.54) is 154 Å². The standard InChI is InChI=1S/C53H101N2O6P/c1-6-8-10-12-14-16-18-20-22-24-25-26-27-28-29-31-32-34-36-38-40-42-44-46-52(56)51(50-61-62(58,59)60-49-48-55(3,4)5)54-53(57)47-45-43-41-39-37-35-33-30-23-21-19-17-15-13-11-9-7-2/h15,17,21,23,36,38,44,46,51-52,56H,6-14,16,18-20,22,24-35,37,39-43,45,47-50H2,1-5H3,(H-,54,57,58,59)/b17-15-,23-21-,38-36+,46-44+. The maximum atomic E-state index is 12.9. The second kappa shape index (κ2) is 44.7. The summed E-state index contributed by atoms with van der Waals surface area (Å²) in [6.45, 7) is 4.61. The van der Waals surface area contributed by atoms with Crippen molar-refractivity contribution in [2.45, 2.75) is 244 Å². The zero-order valence-electron chi connectivity index (χ0n) is 41.3. The molecule has 0 rings (SSSR count). The molecule has 0 spiro atoms. The number of quaternary nitrogens is 1. The van der Waals surface area contributed by atoms with Crippen molar-refractivity contribution in [2.75, 3.05) is 40.9 Å². The summed E-state index contributed by atoms with van der Waals surface area (Å²) in [7, 11) is 1.24. The van der Waals surface area contributed by atoms with E-state index in [2.05, 4.69) is 55.6 Å². The van der Waals surface area contributed by atoms with E-state index in [0.717, 1.165) is 57.8 Å². The molecule has 0 aromatic rings. The number of phosphoric ester groups is 1. The van der Waals surface area contributed by atoms with Crippen molar-refractivity contribution in [3.63, 3.8) is 0 Å². The lowest BCUT2D eigenvalue weighted by Gasteiger charge is -2.29. The first-order valence-corrected chi connectivity index (χ1v) is 27.5. The minimum Gasteiger partial charge on any atom is -0.756 e. The van der Waals surface area contributed by atoms with Crippen LogP contribution < -0.4 is 10.2 Å². The largest absolute Gasteiger partial charge is 0.756 e. The Morgan fingerprint density at radius 1 is 0.565 bits per heavy atom. The number of hydrogen-bond acceptors (Lipinski definition) is 6. The van der Waals surface area contributed by atoms with Crippen LogP contribution in [0.3, 0.4) is 0 Å². The van der Waals surface area contributed by atoms with Gasteiger partial charge in [-0.25, -0.2) is 0 Å². The number of aliphatic hydroxyl groups excluding tert-OH is 1. The van der Waals surface area contributed by atoms with Crippen molar-refractivity contribution in [1.29, 1.82) is 0 Å². The second-order valence-corrected chi connectivity index (χ2v) is 20.3. The molecule has 3 unspecified atom stereocenters. The van der Waals surface area contributed by atoms with Crippen molar-refractivity contribution in [1.82, 2.24) is 5.32 Å². The first-order valence-electron chi connectivity index (χ1n) is 26.0. The molecule has 0 aromatic heterocycles. The average Bonchev–Trinajstić information content (AvgIpc) is 3.23. The SMILES string of the molecule is CCCCC/C=C\C/C=C\CCCCCCCCCC(=O)NC(COP(=O)([O-])OCC[N+](C)(C)C)C(O)/C=C/CC/C=C/CCCCCCCCCCCCCCCCCCC. The Kier molecular flexibility index (Phi) is 43.5. The minimum absolute atomic E-state index is 0.00897. The molecular formula is C53H101N2O6P. The highest BCUT2D eigenvalue weighted by Gasteiger charge is 2.23. The number of carbonyl (C=O) groups excluding carboxylic acids is 1. The summed E-state index contributed by atoms with van der Waals surface area (Å²) in [5.41, 5.74) is 0. The van der Waals surface area contributed by atoms with E-state index in [0.29, 0.717) is 17.4 Å². The number of nitrogens with zero attached hydrogens (tertiary/aromatic N) is 1. The maximum Gasteiger partial charge on any atom is 0.268 e. The van der Waals surface area contributed by atoms with E-state index in [1.54, 1.807) is 6.08 Å². The zero-order chi connectivity index (χ0) is 45.7. The number of nitrogens with one attached hydrogen (secondary N) is 1. The molecule has 0 radical (unpaired) electrons. The fraction of sp³-hybridized carbons (Fsp3) is 0.830. The van der Waals surface area contributed by atoms with Crippen LogP contribution in [0.15, 0.2) is 48.6 Å². The van der Waals surface area contributed by atoms with Gasteiger partial charge >= 0.3 is 0 Å². The molecule has 0 aliphatic rings. The lowest BCUT2D eigenvalue weighted by atomic mass is 10.0. The second-order valence-electron chi connectivity index (χ2n) is 18.9. The molecule has 8 nitrogen and oxygen atoms in total. The molecule has 2 N–H and O–H groups in total. The Bertz CT molecular complexity index is 1150. The van der Waals surface area contributed by atoms with Crippen molar-refractivity contribution < 1.29 is 32.9 Å². The van der Waals surface area contributed by atoms with Gasteiger partial charge < -0.3 is 28.8 Å². The van der Waals surface area contributed by atoms with Crippen molar-refractivity contribution in [3.8, 4) is 0 Å². The summed E-state index contributed by atoms with van der Waals surface area (Å²) in [5, 5.41) is 13.8. The van der Waals surface area contributed by atoms with Gasteiger partial charge in [0.1, 0.15) is 13.2 Å². The molecular weight excluding hydrogens is 792 g/mol. The highest BCUT2D eigenvalue weighted by molar-refractivity contribution is 7.45. The van der Waals surface area contributed by atoms with Crippen LogP contribution in [-0.2, 0) is 18.4 Å². The predicted molar refractivity (Wildman–Crippen MR) is 265 cm³/mol. The van der Waals surface area contributed by atoms with E-state index >= 15 is 0 Å². The Labute approximate surface area is 384 Å². The van der Waals surface area contributed by atoms with Gasteiger partial charge in [0.2, 0.25) is 5.91 Å². The van der Waals surface area contributed by atoms with Gasteiger partial charge in [-0.3, -0.25) is 9.36 Å². The number of hydrogen-bond donors (Lipinski definition) is 2. The van der Waals surface area contributed by atoms with E-state index in [1.807, 2.05) is 27.2 Å². The van der Waals surface area contributed by atoms with Crippen LogP contribution in [0.4, 0.5) is 0 Å². The number of amides is 1. The molecule has 0 aliphatic carbocycles. The summed E-state index contributed by atoms with van der Waals surface area (Å²) in [4.78, 5) is 25.4. The molecule has 0 heterocycles. The third-order valence-corrected chi connectivity index (χ3v) is 12.5. The maximum absolute atomic E-state index is 12.9. The van der Waals surface area contributed by atoms with E-state index in [9.17, 15) is 19.4 Å². The smallest absolute Gasteiger partial charge is 0.268 e. The normalized spacial score (nSPS) is 14.5. The van der Waals surface area contributed by atoms with E-state index in [4.69, 9.17) is 9.05 Å². The fourth-order valence-corrected chi connectivity index (χ4v) is 8.10. The molecule has 0 aromatic carbocycles. The molecule has 1 amide bonds. The van der Waals surface area contributed by atoms with Crippen LogP contribution in [-0.4, -0.2) is 68.5 Å². The molecule has 0 saturated carbocycles. The highest BCUT2D eigenvalue weighted by atomic mass is 31.2. The molecule has 0 aliphatic heterocycles. The monoisotopic (exact) mass is 893 g/mol. The number of carbonyl (C=O) groups is 1. The van der Waals surface area contributed by atoms with Crippen molar-refractivity contribution >= 4 is 13.7 Å². The fourth-order valence-electron chi connectivity index (χ4n) is 7.38. The number of aliphatic hydroxyl groups is 1. The number of allylic oxidation sites excluding steroid dienone is 7. The first kappa shape index (κ1) is 60.5. The van der Waals surface area contributed by atoms with Gasteiger partial charge in [-0.1, -0.05) is 210 Å². The van der Waals surface area contributed by atoms with Crippen LogP contribution in [0.25, 0.3) is 0 Å². The summed E-state index contributed by atoms with van der Waals surface area (Å²) in [5.74, 6) is -0.215. The van der Waals surface area contributed by atoms with Gasteiger partial charge in [-0.05, 0) is 64.2 Å². The Morgan fingerprint density at radius 2 is 0.952 bits per heavy atom. The summed E-state index contributed by atoms with van der Waals surface area (Å²) >= 11 is 0. The van der Waals surface area contributed by atoms with Gasteiger partial charge in [0.15, 0.2) is 0 Å². The predicted octanol–water partition coefficient (Wildman–Crippen LogP) is 14.6. The zero-order valence-corrected chi connectivity index (χ0v) is 42.2. The quantitative estimate of drug-likeness (QED) is 0.0273. The third kappa shape index (κ3) is 46.5. The van der Waals surface area contributed by atoms with Crippen LogP contribution in [0.1, 0.15) is 232 Å². The van der Waals surface area contributed by atoms with Gasteiger partial charge in [0, 0.05) is 6.42 Å². The van der Waals surface area contributed by atoms with Gasteiger partial charge in [-0.2, -0.15) is 0 Å². The van der Waals surface area contributed by atoms with Gasteiger partial charge in [0.05, 0.1) is 39.9 Å². The summed E-state index contributed by atoms with van der Waals surface area (Å²) in [6, 6.07) is -0.908. The Morgan fingerprint density at radius 3 is 1.44 bits per heavy atom. The number of phosphoric acid groups is 1. The minimum atomic E-state index is -4.60. The molecule has 0 fully saturated rings. The number of likely N-dealkylation sites (N-methyl/N-ethyl adjacent to an activating group) is 1. The Balaban J connectivity index is 4.35. The van der Waals surface area contributed by atoms with Crippen molar-refractivity contribution in [3.05, 3.63) is 48.6 Å². The summed E-state index contributed by atoms with van der Waals surface area (Å²) < 4.78 is 23.3. The molecule has 9 heteroatoms. The lowest BCUT2D eigenvalue weighted by Crippen LogP contribution is -2.45. The average molecular weight is 893 g/mol. The van der Waals surface area contributed by atoms with Crippen LogP contribution >= 0.6 is 7.82 Å². The van der Waals surface area contributed by atoms with Crippen LogP contribution in [0.5, 0.6) is 0 Å². The van der Waals surface area contributed by atoms with Gasteiger partial charge in [-0.15, -0.1) is 0 Å². The van der Waals surface area contributed by atoms with E-state index < -0.39 is 26.6 Å². The topological polar surface area (TPSA) is 108 Å². The number of unbranched alkanes of at least 4 members (excludes halogenated alkanes) is 28. The van der Waals surface area contributed by atoms with Crippen molar-refractivity contribution in [2.24, 2.45) is 0 Å². The van der Waals surface area contributed by atoms with E-state index in [-0.39, 0.29) is 12.5 Å². The van der Waals surface area contributed by atoms with Crippen LogP contribution in [0.2, 0.25) is 0 Å². The Hall–Kier alpha value is -1.54. The molecule has 62 heavy (non-hydrogen) atoms.